The Labute approximate surface area is 180 Å². The fourth-order valence-corrected chi connectivity index (χ4v) is 3.83. The molecule has 8 nitrogen and oxygen atoms in total. The molecule has 31 heavy (non-hydrogen) atoms. The number of hydrogen-bond donors (Lipinski definition) is 1. The molecule has 0 saturated carbocycles. The van der Waals surface area contributed by atoms with Gasteiger partial charge in [0.1, 0.15) is 5.75 Å². The minimum absolute atomic E-state index is 0.0273. The van der Waals surface area contributed by atoms with E-state index in [1.807, 2.05) is 23.1 Å². The predicted octanol–water partition coefficient (Wildman–Crippen LogP) is 1.95. The third-order valence-corrected chi connectivity index (χ3v) is 5.37. The SMILES string of the molecule is CC(=O)c1ccccc1NC(=O)CN1CC(C(=O)N2CCOCC2)Oc2ccccc21. The number of para-hydroxylation sites is 3. The zero-order chi connectivity index (χ0) is 21.8. The molecule has 0 bridgehead atoms. The highest BCUT2D eigenvalue weighted by atomic mass is 16.5. The summed E-state index contributed by atoms with van der Waals surface area (Å²) in [7, 11) is 0. The van der Waals surface area contributed by atoms with Gasteiger partial charge in [-0.05, 0) is 31.2 Å². The van der Waals surface area contributed by atoms with Gasteiger partial charge in [-0.15, -0.1) is 0 Å². The Morgan fingerprint density at radius 1 is 1.03 bits per heavy atom. The van der Waals surface area contributed by atoms with Crippen LogP contribution in [0, 0.1) is 0 Å². The van der Waals surface area contributed by atoms with Gasteiger partial charge >= 0.3 is 0 Å². The van der Waals surface area contributed by atoms with E-state index in [0.29, 0.717) is 43.3 Å². The Morgan fingerprint density at radius 3 is 2.52 bits per heavy atom. The smallest absolute Gasteiger partial charge is 0.265 e. The van der Waals surface area contributed by atoms with E-state index < -0.39 is 6.10 Å². The molecule has 1 fully saturated rings. The molecule has 1 atom stereocenters. The standard InChI is InChI=1S/C23H25N3O5/c1-16(27)17-6-2-3-7-18(17)24-22(28)15-26-14-21(23(29)25-10-12-30-13-11-25)31-20-9-5-4-8-19(20)26/h2-9,21H,10-15H2,1H3,(H,24,28). The van der Waals surface area contributed by atoms with Gasteiger partial charge in [0.2, 0.25) is 5.91 Å². The lowest BCUT2D eigenvalue weighted by atomic mass is 10.1. The number of rotatable bonds is 5. The van der Waals surface area contributed by atoms with E-state index in [0.717, 1.165) is 5.69 Å². The average Bonchev–Trinajstić information content (AvgIpc) is 2.79. The number of Topliss-reactive ketones (excluding diaryl/α,β-unsaturated/α-hetero) is 1. The molecule has 0 aromatic heterocycles. The second kappa shape index (κ2) is 9.18. The molecular formula is C23H25N3O5. The number of hydrogen-bond acceptors (Lipinski definition) is 6. The van der Waals surface area contributed by atoms with Crippen LogP contribution >= 0.6 is 0 Å². The Morgan fingerprint density at radius 2 is 1.74 bits per heavy atom. The predicted molar refractivity (Wildman–Crippen MR) is 116 cm³/mol. The second-order valence-electron chi connectivity index (χ2n) is 7.54. The first-order valence-electron chi connectivity index (χ1n) is 10.3. The van der Waals surface area contributed by atoms with Crippen LogP contribution in [0.25, 0.3) is 0 Å². The summed E-state index contributed by atoms with van der Waals surface area (Å²) in [6, 6.07) is 14.3. The maximum atomic E-state index is 13.0. The normalized spacial score (nSPS) is 18.0. The van der Waals surface area contributed by atoms with Gasteiger partial charge in [0.25, 0.3) is 5.91 Å². The summed E-state index contributed by atoms with van der Waals surface area (Å²) < 4.78 is 11.3. The minimum atomic E-state index is -0.703. The van der Waals surface area contributed by atoms with Gasteiger partial charge in [-0.2, -0.15) is 0 Å². The van der Waals surface area contributed by atoms with Crippen LogP contribution in [0.4, 0.5) is 11.4 Å². The van der Waals surface area contributed by atoms with Crippen molar-refractivity contribution in [3.63, 3.8) is 0 Å². The molecule has 2 aliphatic rings. The minimum Gasteiger partial charge on any atom is -0.477 e. The molecule has 2 aromatic carbocycles. The fourth-order valence-electron chi connectivity index (χ4n) is 3.83. The number of benzene rings is 2. The molecule has 2 heterocycles. The third kappa shape index (κ3) is 4.69. The van der Waals surface area contributed by atoms with Crippen molar-refractivity contribution in [2.45, 2.75) is 13.0 Å². The van der Waals surface area contributed by atoms with E-state index in [2.05, 4.69) is 5.32 Å². The number of amides is 2. The van der Waals surface area contributed by atoms with E-state index in [4.69, 9.17) is 9.47 Å². The van der Waals surface area contributed by atoms with Crippen molar-refractivity contribution in [2.75, 3.05) is 49.6 Å². The first kappa shape index (κ1) is 20.9. The number of ketones is 1. The zero-order valence-corrected chi connectivity index (χ0v) is 17.4. The van der Waals surface area contributed by atoms with Crippen molar-refractivity contribution in [3.05, 3.63) is 54.1 Å². The highest BCUT2D eigenvalue weighted by molar-refractivity contribution is 6.04. The lowest BCUT2D eigenvalue weighted by Crippen LogP contribution is -2.53. The van der Waals surface area contributed by atoms with Crippen molar-refractivity contribution in [1.82, 2.24) is 4.90 Å². The lowest BCUT2D eigenvalue weighted by molar-refractivity contribution is -0.142. The average molecular weight is 423 g/mol. The highest BCUT2D eigenvalue weighted by Crippen LogP contribution is 2.33. The van der Waals surface area contributed by atoms with Crippen LogP contribution in [0.1, 0.15) is 17.3 Å². The van der Waals surface area contributed by atoms with Crippen LogP contribution in [0.15, 0.2) is 48.5 Å². The monoisotopic (exact) mass is 423 g/mol. The van der Waals surface area contributed by atoms with Crippen LogP contribution in [0.2, 0.25) is 0 Å². The molecule has 2 amide bonds. The van der Waals surface area contributed by atoms with Crippen molar-refractivity contribution in [3.8, 4) is 5.75 Å². The number of carbonyl (C=O) groups is 3. The Bertz CT molecular complexity index is 987. The molecule has 4 rings (SSSR count). The molecule has 0 radical (unpaired) electrons. The van der Waals surface area contributed by atoms with Crippen molar-refractivity contribution >= 4 is 29.0 Å². The Hall–Kier alpha value is -3.39. The molecule has 0 spiro atoms. The van der Waals surface area contributed by atoms with Gasteiger partial charge in [0.05, 0.1) is 37.7 Å². The summed E-state index contributed by atoms with van der Waals surface area (Å²) in [6.45, 7) is 3.83. The number of anilines is 2. The molecule has 1 N–H and O–H groups in total. The first-order valence-corrected chi connectivity index (χ1v) is 10.3. The Balaban J connectivity index is 1.50. The van der Waals surface area contributed by atoms with E-state index >= 15 is 0 Å². The van der Waals surface area contributed by atoms with Crippen LogP contribution in [0.5, 0.6) is 5.75 Å². The molecule has 0 aliphatic carbocycles. The van der Waals surface area contributed by atoms with Gasteiger partial charge in [-0.3, -0.25) is 14.4 Å². The van der Waals surface area contributed by atoms with Gasteiger partial charge in [-0.1, -0.05) is 24.3 Å². The summed E-state index contributed by atoms with van der Waals surface area (Å²) in [5.74, 6) is 0.0641. The molecule has 2 aromatic rings. The second-order valence-corrected chi connectivity index (χ2v) is 7.54. The molecule has 2 aliphatic heterocycles. The van der Waals surface area contributed by atoms with Crippen LogP contribution in [0.3, 0.4) is 0 Å². The van der Waals surface area contributed by atoms with Crippen LogP contribution < -0.4 is 15.0 Å². The Kier molecular flexibility index (Phi) is 6.18. The van der Waals surface area contributed by atoms with E-state index in [1.165, 1.54) is 6.92 Å². The van der Waals surface area contributed by atoms with E-state index in [1.54, 1.807) is 35.2 Å². The summed E-state index contributed by atoms with van der Waals surface area (Å²) in [6.07, 6.45) is -0.703. The number of nitrogens with zero attached hydrogens (tertiary/aromatic N) is 2. The van der Waals surface area contributed by atoms with Crippen molar-refractivity contribution < 1.29 is 23.9 Å². The van der Waals surface area contributed by atoms with Crippen molar-refractivity contribution in [1.29, 1.82) is 0 Å². The number of morpholine rings is 1. The molecule has 8 heteroatoms. The quantitative estimate of drug-likeness (QED) is 0.740. The van der Waals surface area contributed by atoms with Gasteiger partial charge in [0, 0.05) is 18.7 Å². The number of nitrogens with one attached hydrogen (secondary N) is 1. The first-order chi connectivity index (χ1) is 15.0. The maximum Gasteiger partial charge on any atom is 0.265 e. The molecule has 1 unspecified atom stereocenters. The highest BCUT2D eigenvalue weighted by Gasteiger charge is 2.34. The van der Waals surface area contributed by atoms with Gasteiger partial charge in [0.15, 0.2) is 11.9 Å². The van der Waals surface area contributed by atoms with Gasteiger partial charge in [-0.25, -0.2) is 0 Å². The van der Waals surface area contributed by atoms with Crippen LogP contribution in [-0.2, 0) is 14.3 Å². The summed E-state index contributed by atoms with van der Waals surface area (Å²) in [4.78, 5) is 41.2. The fraction of sp³-hybridized carbons (Fsp3) is 0.348. The maximum absolute atomic E-state index is 13.0. The largest absolute Gasteiger partial charge is 0.477 e. The zero-order valence-electron chi connectivity index (χ0n) is 17.4. The van der Waals surface area contributed by atoms with Crippen LogP contribution in [-0.4, -0.2) is 68.0 Å². The third-order valence-electron chi connectivity index (χ3n) is 5.37. The number of ether oxygens (including phenoxy) is 2. The van der Waals surface area contributed by atoms with Crippen molar-refractivity contribution in [2.24, 2.45) is 0 Å². The molecule has 162 valence electrons. The summed E-state index contributed by atoms with van der Waals surface area (Å²) in [5.41, 5.74) is 1.68. The topological polar surface area (TPSA) is 88.2 Å². The summed E-state index contributed by atoms with van der Waals surface area (Å²) >= 11 is 0. The van der Waals surface area contributed by atoms with E-state index in [9.17, 15) is 14.4 Å². The molecular weight excluding hydrogens is 398 g/mol. The number of carbonyl (C=O) groups excluding carboxylic acids is 3. The van der Waals surface area contributed by atoms with E-state index in [-0.39, 0.29) is 30.7 Å². The number of fused-ring (bicyclic) bond motifs is 1. The lowest BCUT2D eigenvalue weighted by Gasteiger charge is -2.38. The summed E-state index contributed by atoms with van der Waals surface area (Å²) in [5, 5.41) is 2.82. The van der Waals surface area contributed by atoms with Gasteiger partial charge < -0.3 is 24.6 Å². The molecule has 1 saturated heterocycles.